The number of nitrogens with zero attached hydrogens (tertiary/aromatic N) is 1. The molecule has 1 aliphatic rings. The highest BCUT2D eigenvalue weighted by Crippen LogP contribution is 2.34. The van der Waals surface area contributed by atoms with Crippen LogP contribution in [0, 0.1) is 0 Å². The third-order valence-corrected chi connectivity index (χ3v) is 3.78. The van der Waals surface area contributed by atoms with Crippen molar-refractivity contribution in [2.45, 2.75) is 43.4 Å². The molecule has 1 aromatic rings. The van der Waals surface area contributed by atoms with Crippen LogP contribution in [0.1, 0.15) is 43.6 Å². The fourth-order valence-corrected chi connectivity index (χ4v) is 3.01. The van der Waals surface area contributed by atoms with Crippen molar-refractivity contribution in [3.63, 3.8) is 0 Å². The molecule has 1 fully saturated rings. The van der Waals surface area contributed by atoms with Gasteiger partial charge >= 0.3 is 0 Å². The summed E-state index contributed by atoms with van der Waals surface area (Å²) in [6.45, 7) is 0. The molecule has 2 atom stereocenters. The minimum Gasteiger partial charge on any atom is -0.201 e. The molecular formula is C10H14ClNS. The Morgan fingerprint density at radius 3 is 3.00 bits per heavy atom. The number of halogens is 1. The van der Waals surface area contributed by atoms with E-state index in [9.17, 15) is 0 Å². The van der Waals surface area contributed by atoms with Gasteiger partial charge in [0.1, 0.15) is 0 Å². The topological polar surface area (TPSA) is 12.9 Å². The Kier molecular flexibility index (Phi) is 3.23. The van der Waals surface area contributed by atoms with Crippen LogP contribution in [0.2, 0.25) is 0 Å². The summed E-state index contributed by atoms with van der Waals surface area (Å²) >= 11 is 7.76. The largest absolute Gasteiger partial charge is 0.201 e. The first-order chi connectivity index (χ1) is 6.36. The average Bonchev–Trinajstić information content (AvgIpc) is 2.56. The molecule has 0 aromatic carbocycles. The predicted molar refractivity (Wildman–Crippen MR) is 57.6 cm³/mol. The first kappa shape index (κ1) is 9.47. The molecule has 72 valence electrons. The normalized spacial score (nSPS) is 29.9. The Morgan fingerprint density at radius 1 is 1.38 bits per heavy atom. The first-order valence-corrected chi connectivity index (χ1v) is 6.17. The molecule has 0 N–H and O–H groups in total. The van der Waals surface area contributed by atoms with Gasteiger partial charge in [-0.1, -0.05) is 12.8 Å². The number of rotatable bonds is 1. The highest BCUT2D eigenvalue weighted by Gasteiger charge is 2.20. The van der Waals surface area contributed by atoms with E-state index in [0.717, 1.165) is 6.42 Å². The molecule has 1 nitrogen and oxygen atoms in total. The SMILES string of the molecule is ClC1CCCCC(c2cnsc2)C1. The quantitative estimate of drug-likeness (QED) is 0.513. The summed E-state index contributed by atoms with van der Waals surface area (Å²) in [5.74, 6) is 0.670. The lowest BCUT2D eigenvalue weighted by Crippen LogP contribution is -2.03. The van der Waals surface area contributed by atoms with Gasteiger partial charge in [-0.05, 0) is 42.3 Å². The van der Waals surface area contributed by atoms with E-state index >= 15 is 0 Å². The lowest BCUT2D eigenvalue weighted by atomic mass is 9.95. The molecule has 0 aliphatic heterocycles. The lowest BCUT2D eigenvalue weighted by molar-refractivity contribution is 0.596. The van der Waals surface area contributed by atoms with Crippen LogP contribution in [0.3, 0.4) is 0 Å². The van der Waals surface area contributed by atoms with Gasteiger partial charge in [-0.3, -0.25) is 0 Å². The van der Waals surface area contributed by atoms with Crippen molar-refractivity contribution in [3.05, 3.63) is 17.1 Å². The van der Waals surface area contributed by atoms with Gasteiger partial charge in [0, 0.05) is 17.0 Å². The summed E-state index contributed by atoms with van der Waals surface area (Å²) < 4.78 is 4.15. The molecule has 0 saturated heterocycles. The smallest absolute Gasteiger partial charge is 0.0441 e. The van der Waals surface area contributed by atoms with Crippen LogP contribution in [-0.4, -0.2) is 9.75 Å². The molecule has 2 rings (SSSR count). The highest BCUT2D eigenvalue weighted by atomic mass is 35.5. The van der Waals surface area contributed by atoms with Crippen molar-refractivity contribution in [3.8, 4) is 0 Å². The van der Waals surface area contributed by atoms with Crippen LogP contribution in [0.5, 0.6) is 0 Å². The second-order valence-corrected chi connectivity index (χ2v) is 5.05. The molecule has 1 aliphatic carbocycles. The van der Waals surface area contributed by atoms with Crippen molar-refractivity contribution in [2.75, 3.05) is 0 Å². The molecular weight excluding hydrogens is 202 g/mol. The van der Waals surface area contributed by atoms with Crippen LogP contribution in [0.4, 0.5) is 0 Å². The zero-order valence-electron chi connectivity index (χ0n) is 7.58. The average molecular weight is 216 g/mol. The maximum Gasteiger partial charge on any atom is 0.0441 e. The monoisotopic (exact) mass is 215 g/mol. The van der Waals surface area contributed by atoms with E-state index in [1.165, 1.54) is 31.2 Å². The molecule has 0 radical (unpaired) electrons. The summed E-state index contributed by atoms with van der Waals surface area (Å²) in [5, 5.41) is 2.55. The van der Waals surface area contributed by atoms with E-state index in [4.69, 9.17) is 11.6 Å². The fourth-order valence-electron chi connectivity index (χ4n) is 2.02. The molecule has 1 aromatic heterocycles. The lowest BCUT2D eigenvalue weighted by Gasteiger charge is -2.13. The summed E-state index contributed by atoms with van der Waals surface area (Å²) in [4.78, 5) is 0. The number of hydrogen-bond donors (Lipinski definition) is 0. The molecule has 3 heteroatoms. The van der Waals surface area contributed by atoms with E-state index in [2.05, 4.69) is 9.75 Å². The Balaban J connectivity index is 2.05. The van der Waals surface area contributed by atoms with Crippen molar-refractivity contribution >= 4 is 23.1 Å². The van der Waals surface area contributed by atoms with Crippen LogP contribution < -0.4 is 0 Å². The van der Waals surface area contributed by atoms with Crippen LogP contribution >= 0.6 is 23.1 Å². The Labute approximate surface area is 88.3 Å². The van der Waals surface area contributed by atoms with Crippen molar-refractivity contribution in [1.82, 2.24) is 4.37 Å². The van der Waals surface area contributed by atoms with Crippen molar-refractivity contribution < 1.29 is 0 Å². The summed E-state index contributed by atoms with van der Waals surface area (Å²) in [5.41, 5.74) is 1.40. The van der Waals surface area contributed by atoms with Gasteiger partial charge in [0.25, 0.3) is 0 Å². The van der Waals surface area contributed by atoms with Crippen LogP contribution in [0.25, 0.3) is 0 Å². The Hall–Kier alpha value is -0.0800. The number of alkyl halides is 1. The van der Waals surface area contributed by atoms with Crippen LogP contribution in [-0.2, 0) is 0 Å². The Morgan fingerprint density at radius 2 is 2.23 bits per heavy atom. The Bertz CT molecular complexity index is 247. The van der Waals surface area contributed by atoms with Gasteiger partial charge in [0.05, 0.1) is 0 Å². The van der Waals surface area contributed by atoms with Gasteiger partial charge in [-0.2, -0.15) is 0 Å². The molecule has 0 spiro atoms. The van der Waals surface area contributed by atoms with E-state index in [1.807, 2.05) is 6.20 Å². The van der Waals surface area contributed by atoms with E-state index < -0.39 is 0 Å². The third-order valence-electron chi connectivity index (χ3n) is 2.78. The fraction of sp³-hybridized carbons (Fsp3) is 0.700. The predicted octanol–water partition coefficient (Wildman–Crippen LogP) is 3.80. The van der Waals surface area contributed by atoms with Gasteiger partial charge in [0.2, 0.25) is 0 Å². The van der Waals surface area contributed by atoms with Crippen LogP contribution in [0.15, 0.2) is 11.6 Å². The van der Waals surface area contributed by atoms with Gasteiger partial charge < -0.3 is 0 Å². The van der Waals surface area contributed by atoms with Crippen molar-refractivity contribution in [2.24, 2.45) is 0 Å². The summed E-state index contributed by atoms with van der Waals surface area (Å²) in [6.07, 6.45) is 8.24. The standard InChI is InChI=1S/C10H14ClNS/c11-10-4-2-1-3-8(5-10)9-6-12-13-7-9/h6-8,10H,1-5H2. The van der Waals surface area contributed by atoms with E-state index in [-0.39, 0.29) is 0 Å². The minimum absolute atomic E-state index is 0.382. The van der Waals surface area contributed by atoms with Gasteiger partial charge in [-0.25, -0.2) is 4.37 Å². The minimum atomic E-state index is 0.382. The molecule has 1 saturated carbocycles. The summed E-state index contributed by atoms with van der Waals surface area (Å²) in [6, 6.07) is 0. The maximum atomic E-state index is 6.22. The summed E-state index contributed by atoms with van der Waals surface area (Å²) in [7, 11) is 0. The first-order valence-electron chi connectivity index (χ1n) is 4.89. The zero-order chi connectivity index (χ0) is 9.10. The number of aromatic nitrogens is 1. The zero-order valence-corrected chi connectivity index (χ0v) is 9.15. The van der Waals surface area contributed by atoms with E-state index in [1.54, 1.807) is 11.5 Å². The molecule has 0 amide bonds. The molecule has 2 unspecified atom stereocenters. The molecule has 0 bridgehead atoms. The maximum absolute atomic E-state index is 6.22. The van der Waals surface area contributed by atoms with Gasteiger partial charge in [-0.15, -0.1) is 11.6 Å². The highest BCUT2D eigenvalue weighted by molar-refractivity contribution is 7.03. The second-order valence-electron chi connectivity index (χ2n) is 3.77. The third kappa shape index (κ3) is 2.44. The van der Waals surface area contributed by atoms with E-state index in [0.29, 0.717) is 11.3 Å². The molecule has 13 heavy (non-hydrogen) atoms. The second kappa shape index (κ2) is 4.43. The molecule has 1 heterocycles. The van der Waals surface area contributed by atoms with Gasteiger partial charge in [0.15, 0.2) is 0 Å². The number of hydrogen-bond acceptors (Lipinski definition) is 2. The van der Waals surface area contributed by atoms with Crippen molar-refractivity contribution in [1.29, 1.82) is 0 Å².